The Morgan fingerprint density at radius 3 is 2.73 bits per heavy atom. The summed E-state index contributed by atoms with van der Waals surface area (Å²) in [7, 11) is 0. The van der Waals surface area contributed by atoms with Crippen molar-refractivity contribution in [2.24, 2.45) is 0 Å². The van der Waals surface area contributed by atoms with E-state index in [0.717, 1.165) is 0 Å². The molecule has 1 aliphatic heterocycles. The summed E-state index contributed by atoms with van der Waals surface area (Å²) in [6.07, 6.45) is 5.82. The molecule has 0 fully saturated rings. The van der Waals surface area contributed by atoms with Gasteiger partial charge in [-0.1, -0.05) is 35.3 Å². The molecule has 1 aliphatic rings. The molecular formula is C21H17Cl2N3O3S. The summed E-state index contributed by atoms with van der Waals surface area (Å²) in [4.78, 5) is 32.0. The van der Waals surface area contributed by atoms with E-state index >= 15 is 0 Å². The predicted octanol–water partition coefficient (Wildman–Crippen LogP) is 4.92. The van der Waals surface area contributed by atoms with E-state index in [1.807, 2.05) is 10.8 Å². The van der Waals surface area contributed by atoms with Crippen LogP contribution in [0, 0.1) is 0 Å². The number of benzene rings is 1. The molecule has 0 bridgehead atoms. The molecule has 0 saturated heterocycles. The smallest absolute Gasteiger partial charge is 0.290 e. The second-order valence-corrected chi connectivity index (χ2v) is 8.58. The molecule has 2 aromatic heterocycles. The third kappa shape index (κ3) is 3.88. The number of amides is 1. The van der Waals surface area contributed by atoms with Gasteiger partial charge in [0.05, 0.1) is 22.8 Å². The zero-order chi connectivity index (χ0) is 21.3. The fraction of sp³-hybridized carbons (Fsp3) is 0.190. The lowest BCUT2D eigenvalue weighted by Gasteiger charge is -2.27. The van der Waals surface area contributed by atoms with Crippen molar-refractivity contribution in [1.29, 1.82) is 0 Å². The summed E-state index contributed by atoms with van der Waals surface area (Å²) in [5.41, 5.74) is 0.579. The average Bonchev–Trinajstić information content (AvgIpc) is 3.46. The number of hydrogen-bond donors (Lipinski definition) is 1. The van der Waals surface area contributed by atoms with Gasteiger partial charge in [0.1, 0.15) is 0 Å². The van der Waals surface area contributed by atoms with Gasteiger partial charge in [-0.3, -0.25) is 9.59 Å². The van der Waals surface area contributed by atoms with E-state index in [0.29, 0.717) is 40.0 Å². The molecule has 6 nitrogen and oxygen atoms in total. The summed E-state index contributed by atoms with van der Waals surface area (Å²) in [6, 6.07) is 7.53. The lowest BCUT2D eigenvalue weighted by molar-refractivity contribution is -0.129. The van der Waals surface area contributed by atoms with Crippen molar-refractivity contribution in [2.75, 3.05) is 6.54 Å². The van der Waals surface area contributed by atoms with E-state index in [-0.39, 0.29) is 11.4 Å². The first-order valence-corrected chi connectivity index (χ1v) is 10.8. The Kier molecular flexibility index (Phi) is 5.94. The van der Waals surface area contributed by atoms with E-state index < -0.39 is 17.7 Å². The van der Waals surface area contributed by atoms with Crippen LogP contribution in [0.15, 0.2) is 65.8 Å². The lowest BCUT2D eigenvalue weighted by Crippen LogP contribution is -2.32. The number of rotatable bonds is 7. The predicted molar refractivity (Wildman–Crippen MR) is 116 cm³/mol. The van der Waals surface area contributed by atoms with Crippen molar-refractivity contribution >= 4 is 46.2 Å². The van der Waals surface area contributed by atoms with Gasteiger partial charge in [-0.05, 0) is 35.6 Å². The molecule has 1 N–H and O–H groups in total. The molecule has 0 aliphatic carbocycles. The maximum absolute atomic E-state index is 13.2. The topological polar surface area (TPSA) is 75.4 Å². The van der Waals surface area contributed by atoms with Crippen molar-refractivity contribution in [3.05, 3.63) is 86.3 Å². The van der Waals surface area contributed by atoms with Gasteiger partial charge in [-0.2, -0.15) is 0 Å². The highest BCUT2D eigenvalue weighted by molar-refractivity contribution is 7.12. The summed E-state index contributed by atoms with van der Waals surface area (Å²) >= 11 is 13.7. The van der Waals surface area contributed by atoms with Crippen molar-refractivity contribution in [2.45, 2.75) is 19.0 Å². The van der Waals surface area contributed by atoms with Gasteiger partial charge < -0.3 is 14.6 Å². The van der Waals surface area contributed by atoms with Gasteiger partial charge in [0.2, 0.25) is 5.78 Å². The van der Waals surface area contributed by atoms with Crippen LogP contribution in [0.25, 0.3) is 0 Å². The fourth-order valence-corrected chi connectivity index (χ4v) is 4.74. The monoisotopic (exact) mass is 461 g/mol. The number of ketones is 1. The van der Waals surface area contributed by atoms with Gasteiger partial charge in [0, 0.05) is 35.5 Å². The number of nitrogens with zero attached hydrogens (tertiary/aromatic N) is 3. The Balaban J connectivity index is 1.70. The Labute approximate surface area is 187 Å². The van der Waals surface area contributed by atoms with Gasteiger partial charge in [-0.25, -0.2) is 4.98 Å². The molecule has 1 aromatic carbocycles. The number of hydrogen-bond acceptors (Lipinski definition) is 5. The first-order valence-electron chi connectivity index (χ1n) is 9.20. The van der Waals surface area contributed by atoms with Crippen LogP contribution in [0.1, 0.15) is 27.7 Å². The number of carbonyl (C=O) groups is 2. The molecule has 3 heterocycles. The number of aliphatic hydroxyl groups is 1. The number of aryl methyl sites for hydroxylation is 1. The largest absolute Gasteiger partial charge is 0.503 e. The minimum atomic E-state index is -0.792. The second kappa shape index (κ2) is 8.63. The van der Waals surface area contributed by atoms with Crippen LogP contribution >= 0.6 is 34.5 Å². The van der Waals surface area contributed by atoms with E-state index in [2.05, 4.69) is 4.98 Å². The van der Waals surface area contributed by atoms with Crippen molar-refractivity contribution in [1.82, 2.24) is 14.5 Å². The van der Waals surface area contributed by atoms with Crippen LogP contribution in [0.2, 0.25) is 10.0 Å². The van der Waals surface area contributed by atoms with Crippen molar-refractivity contribution < 1.29 is 14.7 Å². The number of aliphatic hydroxyl groups excluding tert-OH is 1. The van der Waals surface area contributed by atoms with Gasteiger partial charge in [0.15, 0.2) is 5.76 Å². The highest BCUT2D eigenvalue weighted by Crippen LogP contribution is 2.42. The molecule has 30 heavy (non-hydrogen) atoms. The molecule has 0 saturated carbocycles. The highest BCUT2D eigenvalue weighted by atomic mass is 35.5. The lowest BCUT2D eigenvalue weighted by atomic mass is 9.95. The Bertz CT molecular complexity index is 1110. The highest BCUT2D eigenvalue weighted by Gasteiger charge is 2.44. The van der Waals surface area contributed by atoms with E-state index in [1.165, 1.54) is 16.2 Å². The molecule has 0 radical (unpaired) electrons. The minimum Gasteiger partial charge on any atom is -0.503 e. The molecule has 9 heteroatoms. The fourth-order valence-electron chi connectivity index (χ4n) is 3.55. The van der Waals surface area contributed by atoms with Crippen LogP contribution in [-0.2, 0) is 11.3 Å². The van der Waals surface area contributed by atoms with E-state index in [1.54, 1.807) is 48.2 Å². The van der Waals surface area contributed by atoms with Gasteiger partial charge >= 0.3 is 0 Å². The maximum Gasteiger partial charge on any atom is 0.290 e. The maximum atomic E-state index is 13.2. The molecule has 1 atom stereocenters. The summed E-state index contributed by atoms with van der Waals surface area (Å²) in [5, 5.41) is 13.2. The number of halogens is 2. The molecule has 0 spiro atoms. The Hall–Kier alpha value is -2.61. The number of Topliss-reactive ketones (excluding diaryl/α,β-unsaturated/α-hetero) is 1. The van der Waals surface area contributed by atoms with Crippen LogP contribution in [0.4, 0.5) is 0 Å². The SMILES string of the molecule is O=C(C1=C(O)C(=O)N(CCCn2ccnc2)C1c1ccc(Cl)cc1Cl)c1cccs1. The van der Waals surface area contributed by atoms with Crippen LogP contribution in [0.3, 0.4) is 0 Å². The third-order valence-corrected chi connectivity index (χ3v) is 6.36. The molecule has 3 aromatic rings. The molecule has 1 unspecified atom stereocenters. The standard InChI is InChI=1S/C21H17Cl2N3O3S/c22-13-4-5-14(15(23)11-13)18-17(19(27)16-3-1-10-30-16)20(28)21(29)26(18)8-2-7-25-9-6-24-12-25/h1,3-6,9-12,18,28H,2,7-8H2. The number of imidazole rings is 1. The molecule has 4 rings (SSSR count). The number of aromatic nitrogens is 2. The molecule has 1 amide bonds. The first-order chi connectivity index (χ1) is 14.5. The van der Waals surface area contributed by atoms with Crippen molar-refractivity contribution in [3.63, 3.8) is 0 Å². The summed E-state index contributed by atoms with van der Waals surface area (Å²) in [6.45, 7) is 0.964. The quantitative estimate of drug-likeness (QED) is 0.506. The summed E-state index contributed by atoms with van der Waals surface area (Å²) < 4.78 is 1.90. The zero-order valence-corrected chi connectivity index (χ0v) is 18.0. The zero-order valence-electron chi connectivity index (χ0n) is 15.7. The second-order valence-electron chi connectivity index (χ2n) is 6.79. The van der Waals surface area contributed by atoms with Crippen LogP contribution < -0.4 is 0 Å². The van der Waals surface area contributed by atoms with Gasteiger partial charge in [0.25, 0.3) is 5.91 Å². The molecular weight excluding hydrogens is 445 g/mol. The first kappa shape index (κ1) is 20.7. The van der Waals surface area contributed by atoms with Crippen LogP contribution in [-0.4, -0.2) is 37.8 Å². The summed E-state index contributed by atoms with van der Waals surface area (Å²) in [5.74, 6) is -1.51. The Morgan fingerprint density at radius 2 is 2.07 bits per heavy atom. The number of thiophene rings is 1. The Morgan fingerprint density at radius 1 is 1.23 bits per heavy atom. The van der Waals surface area contributed by atoms with Crippen LogP contribution in [0.5, 0.6) is 0 Å². The van der Waals surface area contributed by atoms with Gasteiger partial charge in [-0.15, -0.1) is 11.3 Å². The third-order valence-electron chi connectivity index (χ3n) is 4.92. The number of carbonyl (C=O) groups excluding carboxylic acids is 2. The minimum absolute atomic E-state index is 0.0364. The average molecular weight is 462 g/mol. The van der Waals surface area contributed by atoms with Crippen molar-refractivity contribution in [3.8, 4) is 0 Å². The van der Waals surface area contributed by atoms with E-state index in [4.69, 9.17) is 23.2 Å². The normalized spacial score (nSPS) is 16.5. The van der Waals surface area contributed by atoms with E-state index in [9.17, 15) is 14.7 Å². The molecule has 154 valence electrons.